The monoisotopic (exact) mass is 347 g/mol. The zero-order chi connectivity index (χ0) is 16.0. The average molecular weight is 348 g/mol. The van der Waals surface area contributed by atoms with Crippen molar-refractivity contribution in [2.45, 2.75) is 30.3 Å². The third kappa shape index (κ3) is 2.31. The molecule has 2 aromatic rings. The van der Waals surface area contributed by atoms with Gasteiger partial charge < -0.3 is 10.1 Å². The van der Waals surface area contributed by atoms with E-state index in [0.29, 0.717) is 5.92 Å². The molecule has 4 rings (SSSR count). The van der Waals surface area contributed by atoms with Crippen LogP contribution >= 0.6 is 23.5 Å². The van der Waals surface area contributed by atoms with Crippen LogP contribution < -0.4 is 0 Å². The van der Waals surface area contributed by atoms with Crippen molar-refractivity contribution < 1.29 is 9.90 Å². The lowest BCUT2D eigenvalue weighted by Crippen LogP contribution is -2.40. The van der Waals surface area contributed by atoms with Crippen molar-refractivity contribution in [3.63, 3.8) is 0 Å². The van der Waals surface area contributed by atoms with Gasteiger partial charge in [-0.05, 0) is 24.0 Å². The molecule has 1 aliphatic heterocycles. The summed E-state index contributed by atoms with van der Waals surface area (Å²) in [5.74, 6) is 2.18. The highest BCUT2D eigenvalue weighted by molar-refractivity contribution is 8.20. The van der Waals surface area contributed by atoms with Crippen molar-refractivity contribution in [1.82, 2.24) is 4.98 Å². The Labute approximate surface area is 144 Å². The zero-order valence-electron chi connectivity index (χ0n) is 13.2. The molecule has 1 spiro atoms. The van der Waals surface area contributed by atoms with Gasteiger partial charge in [0.15, 0.2) is 0 Å². The largest absolute Gasteiger partial charge is 0.481 e. The van der Waals surface area contributed by atoms with E-state index >= 15 is 0 Å². The lowest BCUT2D eigenvalue weighted by Gasteiger charge is -2.44. The van der Waals surface area contributed by atoms with Gasteiger partial charge in [-0.1, -0.05) is 31.5 Å². The number of H-pyrrole nitrogens is 1. The number of hydrogen-bond acceptors (Lipinski definition) is 3. The molecule has 1 aromatic carbocycles. The molecule has 1 aromatic heterocycles. The predicted molar refractivity (Wildman–Crippen MR) is 98.1 cm³/mol. The van der Waals surface area contributed by atoms with Gasteiger partial charge in [-0.3, -0.25) is 4.79 Å². The maximum Gasteiger partial charge on any atom is 0.303 e. The Morgan fingerprint density at radius 2 is 2.09 bits per heavy atom. The summed E-state index contributed by atoms with van der Waals surface area (Å²) in [6, 6.07) is 8.51. The number of benzene rings is 1. The number of carbonyl (C=O) groups is 1. The lowest BCUT2D eigenvalue weighted by atomic mass is 9.74. The van der Waals surface area contributed by atoms with Gasteiger partial charge in [0.05, 0.1) is 6.42 Å². The fourth-order valence-electron chi connectivity index (χ4n) is 4.31. The van der Waals surface area contributed by atoms with Crippen molar-refractivity contribution in [2.75, 3.05) is 11.5 Å². The molecule has 122 valence electrons. The molecule has 0 saturated carbocycles. The number of hydrogen-bond donors (Lipinski definition) is 2. The van der Waals surface area contributed by atoms with Crippen LogP contribution in [0.25, 0.3) is 10.9 Å². The standard InChI is InChI=1S/C18H21NO2S2/c1-2-11-9-13-12-5-3-4-6-15(12)19-17(13)18(22-7-8-23-18)14(11)10-16(20)21/h3-6,11,14,19H,2,7-10H2,1H3,(H,20,21)/t11-,14+/m1/s1. The van der Waals surface area contributed by atoms with Gasteiger partial charge in [0.2, 0.25) is 0 Å². The SMILES string of the molecule is CC[C@@H]1Cc2c([nH]c3ccccc23)C2(SCCS2)[C@H]1CC(=O)O. The minimum Gasteiger partial charge on any atom is -0.481 e. The summed E-state index contributed by atoms with van der Waals surface area (Å²) in [5, 5.41) is 10.8. The molecule has 2 N–H and O–H groups in total. The Morgan fingerprint density at radius 3 is 2.78 bits per heavy atom. The fourth-order valence-corrected chi connectivity index (χ4v) is 8.04. The molecule has 0 unspecified atom stereocenters. The number of nitrogens with one attached hydrogen (secondary N) is 1. The van der Waals surface area contributed by atoms with E-state index in [2.05, 4.69) is 36.2 Å². The molecule has 1 saturated heterocycles. The summed E-state index contributed by atoms with van der Waals surface area (Å²) < 4.78 is -0.105. The lowest BCUT2D eigenvalue weighted by molar-refractivity contribution is -0.138. The second kappa shape index (κ2) is 5.78. The van der Waals surface area contributed by atoms with Gasteiger partial charge in [-0.25, -0.2) is 0 Å². The van der Waals surface area contributed by atoms with E-state index in [1.807, 2.05) is 23.5 Å². The van der Waals surface area contributed by atoms with Gasteiger partial charge in [0.25, 0.3) is 0 Å². The van der Waals surface area contributed by atoms with Gasteiger partial charge in [-0.2, -0.15) is 0 Å². The number of aromatic nitrogens is 1. The smallest absolute Gasteiger partial charge is 0.303 e. The normalized spacial score (nSPS) is 25.8. The van der Waals surface area contributed by atoms with Gasteiger partial charge in [0.1, 0.15) is 4.08 Å². The molecule has 2 atom stereocenters. The highest BCUT2D eigenvalue weighted by Crippen LogP contribution is 2.63. The average Bonchev–Trinajstić information content (AvgIpc) is 3.16. The first-order valence-corrected chi connectivity index (χ1v) is 10.2. The van der Waals surface area contributed by atoms with E-state index in [4.69, 9.17) is 0 Å². The third-order valence-electron chi connectivity index (χ3n) is 5.32. The van der Waals surface area contributed by atoms with Crippen LogP contribution in [-0.2, 0) is 15.3 Å². The van der Waals surface area contributed by atoms with Crippen LogP contribution in [0.5, 0.6) is 0 Å². The molecule has 0 amide bonds. The van der Waals surface area contributed by atoms with Crippen LogP contribution in [0.2, 0.25) is 0 Å². The second-order valence-electron chi connectivity index (χ2n) is 6.47. The quantitative estimate of drug-likeness (QED) is 0.860. The molecule has 3 nitrogen and oxygen atoms in total. The Morgan fingerprint density at radius 1 is 1.35 bits per heavy atom. The molecule has 1 fully saturated rings. The Bertz CT molecular complexity index is 749. The topological polar surface area (TPSA) is 53.1 Å². The maximum atomic E-state index is 11.5. The Kier molecular flexibility index (Phi) is 3.88. The highest BCUT2D eigenvalue weighted by Gasteiger charge is 2.53. The van der Waals surface area contributed by atoms with E-state index < -0.39 is 5.97 Å². The van der Waals surface area contributed by atoms with E-state index in [1.54, 1.807) is 0 Å². The number of aromatic amines is 1. The van der Waals surface area contributed by atoms with Gasteiger partial charge in [-0.15, -0.1) is 23.5 Å². The number of carboxylic acid groups (broad SMARTS) is 1. The van der Waals surface area contributed by atoms with E-state index in [9.17, 15) is 9.90 Å². The van der Waals surface area contributed by atoms with E-state index in [1.165, 1.54) is 22.2 Å². The maximum absolute atomic E-state index is 11.5. The van der Waals surface area contributed by atoms with Crippen molar-refractivity contribution in [3.05, 3.63) is 35.5 Å². The minimum absolute atomic E-state index is 0.105. The molecule has 0 radical (unpaired) electrons. The zero-order valence-corrected chi connectivity index (χ0v) is 14.8. The van der Waals surface area contributed by atoms with Crippen LogP contribution in [0.4, 0.5) is 0 Å². The summed E-state index contributed by atoms with van der Waals surface area (Å²) in [7, 11) is 0. The number of para-hydroxylation sites is 1. The first-order chi connectivity index (χ1) is 11.2. The molecule has 1 aliphatic carbocycles. The van der Waals surface area contributed by atoms with Crippen LogP contribution in [-0.4, -0.2) is 27.6 Å². The third-order valence-corrected chi connectivity index (χ3v) is 8.97. The summed E-state index contributed by atoms with van der Waals surface area (Å²) in [6.45, 7) is 2.21. The van der Waals surface area contributed by atoms with Crippen molar-refractivity contribution in [1.29, 1.82) is 0 Å². The van der Waals surface area contributed by atoms with Gasteiger partial charge >= 0.3 is 5.97 Å². The number of fused-ring (bicyclic) bond motifs is 4. The number of carboxylic acids is 1. The highest BCUT2D eigenvalue weighted by atomic mass is 32.2. The molecule has 5 heteroatoms. The summed E-state index contributed by atoms with van der Waals surface area (Å²) in [5.41, 5.74) is 3.91. The summed E-state index contributed by atoms with van der Waals surface area (Å²) in [4.78, 5) is 15.2. The first kappa shape index (κ1) is 15.5. The van der Waals surface area contributed by atoms with Crippen LogP contribution in [0, 0.1) is 11.8 Å². The molecular formula is C18H21NO2S2. The summed E-state index contributed by atoms with van der Waals surface area (Å²) >= 11 is 3.92. The fraction of sp³-hybridized carbons (Fsp3) is 0.500. The van der Waals surface area contributed by atoms with Crippen molar-refractivity contribution in [3.8, 4) is 0 Å². The van der Waals surface area contributed by atoms with Crippen LogP contribution in [0.15, 0.2) is 24.3 Å². The Balaban J connectivity index is 1.92. The van der Waals surface area contributed by atoms with Crippen LogP contribution in [0.1, 0.15) is 31.0 Å². The van der Waals surface area contributed by atoms with E-state index in [0.717, 1.165) is 24.3 Å². The molecule has 2 aliphatic rings. The number of thioether (sulfide) groups is 2. The van der Waals surface area contributed by atoms with Gasteiger partial charge in [0, 0.05) is 34.0 Å². The molecule has 23 heavy (non-hydrogen) atoms. The van der Waals surface area contributed by atoms with Crippen LogP contribution in [0.3, 0.4) is 0 Å². The summed E-state index contributed by atoms with van der Waals surface area (Å²) in [6.07, 6.45) is 2.31. The van der Waals surface area contributed by atoms with Crippen molar-refractivity contribution in [2.24, 2.45) is 11.8 Å². The Hall–Kier alpha value is -1.07. The molecule has 0 bridgehead atoms. The first-order valence-electron chi connectivity index (χ1n) is 8.25. The number of rotatable bonds is 3. The second-order valence-corrected chi connectivity index (χ2v) is 9.41. The number of aliphatic carboxylic acids is 1. The minimum atomic E-state index is -0.666. The van der Waals surface area contributed by atoms with Crippen molar-refractivity contribution >= 4 is 40.4 Å². The predicted octanol–water partition coefficient (Wildman–Crippen LogP) is 4.47. The molecule has 2 heterocycles. The van der Waals surface area contributed by atoms with E-state index in [-0.39, 0.29) is 16.4 Å². The molecular weight excluding hydrogens is 326 g/mol.